The van der Waals surface area contributed by atoms with Crippen LogP contribution in [0.25, 0.3) is 0 Å². The van der Waals surface area contributed by atoms with E-state index in [0.29, 0.717) is 12.2 Å². The molecular weight excluding hydrogens is 372 g/mol. The highest BCUT2D eigenvalue weighted by atomic mass is 35.5. The molecule has 27 heavy (non-hydrogen) atoms. The van der Waals surface area contributed by atoms with Crippen molar-refractivity contribution in [1.82, 2.24) is 5.32 Å². The smallest absolute Gasteiger partial charge is 0.257 e. The van der Waals surface area contributed by atoms with Crippen molar-refractivity contribution < 1.29 is 18.3 Å². The fourth-order valence-electron chi connectivity index (χ4n) is 2.68. The number of ether oxygens (including phenoxy) is 1. The van der Waals surface area contributed by atoms with Crippen molar-refractivity contribution in [2.45, 2.75) is 44.7 Å². The van der Waals surface area contributed by atoms with E-state index in [4.69, 9.17) is 16.3 Å². The first-order valence-corrected chi connectivity index (χ1v) is 9.19. The number of benzene rings is 2. The number of nitrogens with one attached hydrogen (secondary N) is 1. The van der Waals surface area contributed by atoms with Crippen molar-refractivity contribution >= 4 is 17.5 Å². The van der Waals surface area contributed by atoms with Crippen LogP contribution < -0.4 is 5.32 Å². The van der Waals surface area contributed by atoms with Crippen LogP contribution in [-0.2, 0) is 10.2 Å². The Morgan fingerprint density at radius 1 is 1.15 bits per heavy atom. The van der Waals surface area contributed by atoms with Crippen molar-refractivity contribution in [2.24, 2.45) is 0 Å². The Kier molecular flexibility index (Phi) is 6.95. The SMILES string of the molecule is CCOC(Cl)C(NC(=O)c1c(F)cccc1F)c1cccc(C(C)(C)C)c1. The third-order valence-corrected chi connectivity index (χ3v) is 4.55. The summed E-state index contributed by atoms with van der Waals surface area (Å²) < 4.78 is 33.4. The fraction of sp³-hybridized carbons (Fsp3) is 0.381. The molecule has 0 aromatic heterocycles. The molecule has 0 aliphatic heterocycles. The first-order valence-electron chi connectivity index (χ1n) is 8.76. The number of hydrogen-bond donors (Lipinski definition) is 1. The zero-order chi connectivity index (χ0) is 20.2. The van der Waals surface area contributed by atoms with Gasteiger partial charge in [-0.05, 0) is 35.6 Å². The average molecular weight is 396 g/mol. The summed E-state index contributed by atoms with van der Waals surface area (Å²) in [5, 5.41) is 2.62. The van der Waals surface area contributed by atoms with E-state index in [1.54, 1.807) is 13.0 Å². The Labute approximate surface area is 163 Å². The van der Waals surface area contributed by atoms with E-state index in [1.807, 2.05) is 18.2 Å². The first-order chi connectivity index (χ1) is 12.6. The molecule has 2 aromatic carbocycles. The number of carbonyl (C=O) groups excluding carboxylic acids is 1. The van der Waals surface area contributed by atoms with E-state index in [9.17, 15) is 13.6 Å². The molecule has 0 bridgehead atoms. The Morgan fingerprint density at radius 2 is 1.74 bits per heavy atom. The molecule has 2 unspecified atom stereocenters. The topological polar surface area (TPSA) is 38.3 Å². The van der Waals surface area contributed by atoms with E-state index in [2.05, 4.69) is 26.1 Å². The van der Waals surface area contributed by atoms with Crippen molar-refractivity contribution in [3.63, 3.8) is 0 Å². The zero-order valence-corrected chi connectivity index (χ0v) is 16.6. The Morgan fingerprint density at radius 3 is 2.30 bits per heavy atom. The molecule has 1 amide bonds. The van der Waals surface area contributed by atoms with E-state index < -0.39 is 34.7 Å². The summed E-state index contributed by atoms with van der Waals surface area (Å²) in [6, 6.07) is 10.0. The second-order valence-electron chi connectivity index (χ2n) is 7.23. The highest BCUT2D eigenvalue weighted by molar-refractivity contribution is 6.20. The van der Waals surface area contributed by atoms with Crippen LogP contribution in [0.5, 0.6) is 0 Å². The van der Waals surface area contributed by atoms with Gasteiger partial charge in [-0.1, -0.05) is 62.7 Å². The monoisotopic (exact) mass is 395 g/mol. The number of carbonyl (C=O) groups is 1. The van der Waals surface area contributed by atoms with E-state index in [0.717, 1.165) is 17.7 Å². The van der Waals surface area contributed by atoms with Crippen molar-refractivity contribution in [3.8, 4) is 0 Å². The van der Waals surface area contributed by atoms with E-state index >= 15 is 0 Å². The molecule has 0 spiro atoms. The summed E-state index contributed by atoms with van der Waals surface area (Å²) in [4.78, 5) is 12.6. The number of amides is 1. The Balaban J connectivity index is 2.40. The molecule has 0 aliphatic rings. The number of rotatable bonds is 6. The maximum absolute atomic E-state index is 14.0. The predicted molar refractivity (Wildman–Crippen MR) is 103 cm³/mol. The molecule has 0 saturated heterocycles. The molecule has 0 heterocycles. The average Bonchev–Trinajstić information content (AvgIpc) is 2.59. The second kappa shape index (κ2) is 8.81. The third kappa shape index (κ3) is 5.27. The minimum absolute atomic E-state index is 0.115. The van der Waals surface area contributed by atoms with Gasteiger partial charge >= 0.3 is 0 Å². The van der Waals surface area contributed by atoms with Crippen LogP contribution in [0.1, 0.15) is 55.2 Å². The Hall–Kier alpha value is -1.98. The highest BCUT2D eigenvalue weighted by Crippen LogP contribution is 2.29. The van der Waals surface area contributed by atoms with Crippen molar-refractivity contribution in [2.75, 3.05) is 6.61 Å². The van der Waals surface area contributed by atoms with Crippen LogP contribution >= 0.6 is 11.6 Å². The lowest BCUT2D eigenvalue weighted by Gasteiger charge is -2.26. The van der Waals surface area contributed by atoms with Gasteiger partial charge in [-0.25, -0.2) is 8.78 Å². The van der Waals surface area contributed by atoms with Gasteiger partial charge in [0, 0.05) is 6.61 Å². The molecule has 2 atom stereocenters. The summed E-state index contributed by atoms with van der Waals surface area (Å²) in [5.41, 5.74) is 0.0758. The molecule has 146 valence electrons. The lowest BCUT2D eigenvalue weighted by Crippen LogP contribution is -2.36. The summed E-state index contributed by atoms with van der Waals surface area (Å²) in [6.07, 6.45) is 0. The molecule has 0 fully saturated rings. The van der Waals surface area contributed by atoms with Gasteiger partial charge < -0.3 is 10.1 Å². The van der Waals surface area contributed by atoms with Crippen LogP contribution in [0.3, 0.4) is 0 Å². The van der Waals surface area contributed by atoms with Gasteiger partial charge in [-0.2, -0.15) is 0 Å². The first kappa shape index (κ1) is 21.3. The highest BCUT2D eigenvalue weighted by Gasteiger charge is 2.28. The second-order valence-corrected chi connectivity index (χ2v) is 7.66. The lowest BCUT2D eigenvalue weighted by molar-refractivity contribution is 0.0745. The minimum Gasteiger partial charge on any atom is -0.360 e. The van der Waals surface area contributed by atoms with Gasteiger partial charge in [0.25, 0.3) is 5.91 Å². The molecular formula is C21H24ClF2NO2. The number of hydrogen-bond acceptors (Lipinski definition) is 2. The maximum Gasteiger partial charge on any atom is 0.257 e. The normalized spacial score (nSPS) is 13.9. The van der Waals surface area contributed by atoms with Gasteiger partial charge in [0.2, 0.25) is 0 Å². The quantitative estimate of drug-likeness (QED) is 0.671. The van der Waals surface area contributed by atoms with Gasteiger partial charge in [0.15, 0.2) is 5.56 Å². The van der Waals surface area contributed by atoms with E-state index in [-0.39, 0.29) is 5.41 Å². The Bertz CT molecular complexity index is 785. The number of alkyl halides is 1. The van der Waals surface area contributed by atoms with Gasteiger partial charge in [-0.15, -0.1) is 0 Å². The van der Waals surface area contributed by atoms with Crippen molar-refractivity contribution in [1.29, 1.82) is 0 Å². The van der Waals surface area contributed by atoms with Gasteiger partial charge in [0.05, 0.1) is 6.04 Å². The maximum atomic E-state index is 14.0. The summed E-state index contributed by atoms with van der Waals surface area (Å²) in [6.45, 7) is 8.30. The molecule has 6 heteroatoms. The molecule has 1 N–H and O–H groups in total. The van der Waals surface area contributed by atoms with Crippen molar-refractivity contribution in [3.05, 3.63) is 70.8 Å². The molecule has 3 nitrogen and oxygen atoms in total. The molecule has 2 rings (SSSR count). The van der Waals surface area contributed by atoms with Crippen LogP contribution in [0.15, 0.2) is 42.5 Å². The van der Waals surface area contributed by atoms with Crippen LogP contribution in [0, 0.1) is 11.6 Å². The molecule has 0 radical (unpaired) electrons. The van der Waals surface area contributed by atoms with Gasteiger partial charge in [0.1, 0.15) is 17.2 Å². The van der Waals surface area contributed by atoms with Crippen LogP contribution in [-0.4, -0.2) is 18.1 Å². The van der Waals surface area contributed by atoms with E-state index in [1.165, 1.54) is 6.07 Å². The lowest BCUT2D eigenvalue weighted by atomic mass is 9.85. The van der Waals surface area contributed by atoms with Gasteiger partial charge in [-0.3, -0.25) is 4.79 Å². The summed E-state index contributed by atoms with van der Waals surface area (Å²) >= 11 is 6.33. The molecule has 0 saturated carbocycles. The fourth-order valence-corrected chi connectivity index (χ4v) is 3.02. The summed E-state index contributed by atoms with van der Waals surface area (Å²) in [7, 11) is 0. The molecule has 2 aromatic rings. The number of halogens is 3. The van der Waals surface area contributed by atoms with Crippen LogP contribution in [0.4, 0.5) is 8.78 Å². The van der Waals surface area contributed by atoms with Crippen LogP contribution in [0.2, 0.25) is 0 Å². The zero-order valence-electron chi connectivity index (χ0n) is 15.9. The minimum atomic E-state index is -0.933. The standard InChI is InChI=1S/C21H24ClF2NO2/c1-5-27-19(22)18(13-8-6-9-14(12-13)21(2,3)4)25-20(26)17-15(23)10-7-11-16(17)24/h6-12,18-19H,5H2,1-4H3,(H,25,26). The third-order valence-electron chi connectivity index (χ3n) is 4.18. The summed E-state index contributed by atoms with van der Waals surface area (Å²) in [5.74, 6) is -2.75. The molecule has 0 aliphatic carbocycles. The predicted octanol–water partition coefficient (Wildman–Crippen LogP) is 5.33. The largest absolute Gasteiger partial charge is 0.360 e.